The fourth-order valence-electron chi connectivity index (χ4n) is 1.72. The summed E-state index contributed by atoms with van der Waals surface area (Å²) >= 11 is 13.2. The number of hydrogen-bond donors (Lipinski definition) is 1. The van der Waals surface area contributed by atoms with Crippen LogP contribution in [0, 0.1) is 20.8 Å². The number of anilines is 1. The molecule has 0 saturated carbocycles. The molecule has 1 heterocycles. The number of rotatable bonds is 4. The quantitative estimate of drug-likeness (QED) is 0.650. The third kappa shape index (κ3) is 4.12. The summed E-state index contributed by atoms with van der Waals surface area (Å²) < 4.78 is 0. The summed E-state index contributed by atoms with van der Waals surface area (Å²) in [5.74, 6) is 0.0128. The number of carbonyl (C=O) groups excluding carboxylic acids is 1. The number of nitrogens with zero attached hydrogens (tertiary/aromatic N) is 2. The van der Waals surface area contributed by atoms with Crippen molar-refractivity contribution < 1.29 is 4.79 Å². The van der Waals surface area contributed by atoms with Gasteiger partial charge in [0.15, 0.2) is 5.16 Å². The molecular formula is C15H15Cl2N3OS. The Morgan fingerprint density at radius 2 is 1.82 bits per heavy atom. The average Bonchev–Trinajstić information content (AvgIpc) is 2.47. The van der Waals surface area contributed by atoms with Crippen molar-refractivity contribution in [3.8, 4) is 0 Å². The molecule has 0 saturated heterocycles. The lowest BCUT2D eigenvalue weighted by Gasteiger charge is -2.09. The van der Waals surface area contributed by atoms with Gasteiger partial charge in [-0.05, 0) is 38.5 Å². The van der Waals surface area contributed by atoms with Gasteiger partial charge in [-0.25, -0.2) is 9.97 Å². The first-order chi connectivity index (χ1) is 10.4. The molecule has 0 aliphatic rings. The Morgan fingerprint density at radius 1 is 1.18 bits per heavy atom. The van der Waals surface area contributed by atoms with E-state index >= 15 is 0 Å². The van der Waals surface area contributed by atoms with Crippen molar-refractivity contribution >= 4 is 46.6 Å². The SMILES string of the molecule is Cc1nc(SCC(=O)Nc2cccc(Cl)c2Cl)nc(C)c1C. The zero-order valence-electron chi connectivity index (χ0n) is 12.4. The minimum absolute atomic E-state index is 0.186. The monoisotopic (exact) mass is 355 g/mol. The van der Waals surface area contributed by atoms with Crippen LogP contribution >= 0.6 is 35.0 Å². The van der Waals surface area contributed by atoms with Crippen LogP contribution in [0.5, 0.6) is 0 Å². The molecule has 1 aromatic carbocycles. The first kappa shape index (κ1) is 17.1. The van der Waals surface area contributed by atoms with E-state index in [1.165, 1.54) is 11.8 Å². The van der Waals surface area contributed by atoms with E-state index in [2.05, 4.69) is 15.3 Å². The van der Waals surface area contributed by atoms with Gasteiger partial charge in [0.25, 0.3) is 0 Å². The molecule has 22 heavy (non-hydrogen) atoms. The zero-order valence-corrected chi connectivity index (χ0v) is 14.7. The van der Waals surface area contributed by atoms with E-state index in [1.807, 2.05) is 20.8 Å². The molecule has 0 aliphatic heterocycles. The molecule has 0 bridgehead atoms. The largest absolute Gasteiger partial charge is 0.324 e. The van der Waals surface area contributed by atoms with Gasteiger partial charge >= 0.3 is 0 Å². The Hall–Kier alpha value is -1.30. The third-order valence-electron chi connectivity index (χ3n) is 3.17. The van der Waals surface area contributed by atoms with Crippen LogP contribution in [0.3, 0.4) is 0 Å². The number of carbonyl (C=O) groups is 1. The molecule has 2 aromatic rings. The van der Waals surface area contributed by atoms with Crippen LogP contribution in [0.1, 0.15) is 17.0 Å². The van der Waals surface area contributed by atoms with Crippen LogP contribution in [-0.4, -0.2) is 21.6 Å². The zero-order chi connectivity index (χ0) is 16.3. The third-order valence-corrected chi connectivity index (χ3v) is 4.84. The molecule has 0 fully saturated rings. The predicted octanol–water partition coefficient (Wildman–Crippen LogP) is 4.44. The summed E-state index contributed by atoms with van der Waals surface area (Å²) in [4.78, 5) is 20.7. The molecule has 116 valence electrons. The van der Waals surface area contributed by atoms with Gasteiger partial charge in [0, 0.05) is 11.4 Å². The van der Waals surface area contributed by atoms with E-state index in [4.69, 9.17) is 23.2 Å². The van der Waals surface area contributed by atoms with Gasteiger partial charge in [-0.1, -0.05) is 41.0 Å². The van der Waals surface area contributed by atoms with Crippen molar-refractivity contribution in [2.45, 2.75) is 25.9 Å². The number of benzene rings is 1. The Bertz CT molecular complexity index is 699. The van der Waals surface area contributed by atoms with Gasteiger partial charge < -0.3 is 5.32 Å². The van der Waals surface area contributed by atoms with Crippen LogP contribution < -0.4 is 5.32 Å². The summed E-state index contributed by atoms with van der Waals surface area (Å²) in [7, 11) is 0. The van der Waals surface area contributed by atoms with Gasteiger partial charge in [0.05, 0.1) is 21.5 Å². The van der Waals surface area contributed by atoms with Crippen LogP contribution in [0.15, 0.2) is 23.4 Å². The van der Waals surface area contributed by atoms with E-state index < -0.39 is 0 Å². The second-order valence-corrected chi connectivity index (χ2v) is 6.47. The van der Waals surface area contributed by atoms with Crippen LogP contribution in [0.2, 0.25) is 10.0 Å². The molecule has 4 nitrogen and oxygen atoms in total. The second kappa shape index (κ2) is 7.31. The molecule has 0 radical (unpaired) electrons. The minimum atomic E-state index is -0.186. The molecule has 0 unspecified atom stereocenters. The molecule has 0 spiro atoms. The topological polar surface area (TPSA) is 54.9 Å². The molecular weight excluding hydrogens is 341 g/mol. The second-order valence-electron chi connectivity index (χ2n) is 4.74. The molecule has 1 amide bonds. The molecule has 0 aliphatic carbocycles. The Kier molecular flexibility index (Phi) is 5.67. The van der Waals surface area contributed by atoms with Crippen molar-refractivity contribution in [1.82, 2.24) is 9.97 Å². The number of aromatic nitrogens is 2. The average molecular weight is 356 g/mol. The normalized spacial score (nSPS) is 10.6. The highest BCUT2D eigenvalue weighted by Crippen LogP contribution is 2.29. The smallest absolute Gasteiger partial charge is 0.234 e. The minimum Gasteiger partial charge on any atom is -0.324 e. The highest BCUT2D eigenvalue weighted by atomic mass is 35.5. The highest BCUT2D eigenvalue weighted by Gasteiger charge is 2.11. The van der Waals surface area contributed by atoms with Crippen molar-refractivity contribution in [1.29, 1.82) is 0 Å². The molecule has 7 heteroatoms. The lowest BCUT2D eigenvalue weighted by atomic mass is 10.2. The number of halogens is 2. The maximum absolute atomic E-state index is 12.0. The van der Waals surface area contributed by atoms with Gasteiger partial charge in [-0.3, -0.25) is 4.79 Å². The lowest BCUT2D eigenvalue weighted by Crippen LogP contribution is -2.14. The van der Waals surface area contributed by atoms with E-state index in [0.717, 1.165) is 17.0 Å². The summed E-state index contributed by atoms with van der Waals surface area (Å²) in [5, 5.41) is 4.06. The van der Waals surface area contributed by atoms with Crippen molar-refractivity contribution in [3.63, 3.8) is 0 Å². The van der Waals surface area contributed by atoms with E-state index in [0.29, 0.717) is 20.9 Å². The van der Waals surface area contributed by atoms with Crippen LogP contribution in [0.4, 0.5) is 5.69 Å². The first-order valence-corrected chi connectivity index (χ1v) is 8.31. The fraction of sp³-hybridized carbons (Fsp3) is 0.267. The predicted molar refractivity (Wildman–Crippen MR) is 92.1 cm³/mol. The number of nitrogens with one attached hydrogen (secondary N) is 1. The maximum Gasteiger partial charge on any atom is 0.234 e. The van der Waals surface area contributed by atoms with E-state index in [9.17, 15) is 4.79 Å². The standard InChI is InChI=1S/C15H15Cl2N3OS/c1-8-9(2)18-15(19-10(8)3)22-7-13(21)20-12-6-4-5-11(16)14(12)17/h4-6H,7H2,1-3H3,(H,20,21). The number of hydrogen-bond acceptors (Lipinski definition) is 4. The Morgan fingerprint density at radius 3 is 2.45 bits per heavy atom. The van der Waals surface area contributed by atoms with Crippen LogP contribution in [0.25, 0.3) is 0 Å². The summed E-state index contributed by atoms with van der Waals surface area (Å²) in [5.41, 5.74) is 3.41. The summed E-state index contributed by atoms with van der Waals surface area (Å²) in [6, 6.07) is 5.10. The fourth-order valence-corrected chi connectivity index (χ4v) is 2.81. The van der Waals surface area contributed by atoms with Crippen molar-refractivity contribution in [2.75, 3.05) is 11.1 Å². The summed E-state index contributed by atoms with van der Waals surface area (Å²) in [6.45, 7) is 5.84. The number of amides is 1. The summed E-state index contributed by atoms with van der Waals surface area (Å²) in [6.07, 6.45) is 0. The van der Waals surface area contributed by atoms with Crippen molar-refractivity contribution in [3.05, 3.63) is 45.2 Å². The molecule has 2 rings (SSSR count). The first-order valence-electron chi connectivity index (χ1n) is 6.57. The van der Waals surface area contributed by atoms with E-state index in [-0.39, 0.29) is 11.7 Å². The molecule has 1 aromatic heterocycles. The lowest BCUT2D eigenvalue weighted by molar-refractivity contribution is -0.113. The van der Waals surface area contributed by atoms with Gasteiger partial charge in [-0.2, -0.15) is 0 Å². The van der Waals surface area contributed by atoms with Gasteiger partial charge in [-0.15, -0.1) is 0 Å². The molecule has 0 atom stereocenters. The van der Waals surface area contributed by atoms with Gasteiger partial charge in [0.2, 0.25) is 5.91 Å². The Labute approximate surface area is 143 Å². The highest BCUT2D eigenvalue weighted by molar-refractivity contribution is 7.99. The maximum atomic E-state index is 12.0. The number of thioether (sulfide) groups is 1. The Balaban J connectivity index is 2.00. The molecule has 1 N–H and O–H groups in total. The van der Waals surface area contributed by atoms with Crippen LogP contribution in [-0.2, 0) is 4.79 Å². The van der Waals surface area contributed by atoms with Crippen molar-refractivity contribution in [2.24, 2.45) is 0 Å². The van der Waals surface area contributed by atoms with Gasteiger partial charge in [0.1, 0.15) is 0 Å². The van der Waals surface area contributed by atoms with E-state index in [1.54, 1.807) is 18.2 Å². The number of aryl methyl sites for hydroxylation is 2.